The van der Waals surface area contributed by atoms with Gasteiger partial charge in [0.1, 0.15) is 0 Å². The van der Waals surface area contributed by atoms with E-state index in [0.717, 1.165) is 0 Å². The van der Waals surface area contributed by atoms with E-state index in [4.69, 9.17) is 0 Å². The average Bonchev–Trinajstić information content (AvgIpc) is 1.97. The van der Waals surface area contributed by atoms with Gasteiger partial charge in [0.05, 0.1) is 11.9 Å². The Bertz CT molecular complexity index is 199. The summed E-state index contributed by atoms with van der Waals surface area (Å²) in [5.74, 6) is -0.370. The first kappa shape index (κ1) is 12.4. The molecule has 0 aromatic carbocycles. The molecule has 4 nitrogen and oxygen atoms in total. The van der Waals surface area contributed by atoms with Crippen LogP contribution in [0.2, 0.25) is 0 Å². The molecular formula is C8H15BrN2O2. The fourth-order valence-electron chi connectivity index (χ4n) is 0.689. The number of hydrogen-bond acceptors (Lipinski definition) is 2. The molecule has 0 aliphatic rings. The molecule has 0 radical (unpaired) electrons. The zero-order valence-corrected chi connectivity index (χ0v) is 9.69. The normalized spacial score (nSPS) is 10.8. The second-order valence-electron chi connectivity index (χ2n) is 3.71. The monoisotopic (exact) mass is 250 g/mol. The molecule has 0 aliphatic carbocycles. The highest BCUT2D eigenvalue weighted by molar-refractivity contribution is 9.09. The summed E-state index contributed by atoms with van der Waals surface area (Å²) in [6.07, 6.45) is 0. The maximum absolute atomic E-state index is 11.1. The molecule has 0 rings (SSSR count). The zero-order valence-electron chi connectivity index (χ0n) is 8.11. The van der Waals surface area contributed by atoms with Crippen LogP contribution < -0.4 is 10.6 Å². The number of alkyl halides is 1. The van der Waals surface area contributed by atoms with Crippen molar-refractivity contribution in [3.8, 4) is 0 Å². The van der Waals surface area contributed by atoms with Crippen LogP contribution in [0, 0.1) is 0 Å². The molecule has 0 saturated carbocycles. The first-order valence-corrected chi connectivity index (χ1v) is 5.11. The lowest BCUT2D eigenvalue weighted by Crippen LogP contribution is -2.46. The number of nitrogens with one attached hydrogen (secondary N) is 2. The van der Waals surface area contributed by atoms with Gasteiger partial charge in [0.2, 0.25) is 11.8 Å². The first-order chi connectivity index (χ1) is 5.85. The van der Waals surface area contributed by atoms with Crippen LogP contribution in [-0.4, -0.2) is 29.2 Å². The second kappa shape index (κ2) is 5.21. The van der Waals surface area contributed by atoms with Crippen molar-refractivity contribution in [2.24, 2.45) is 0 Å². The lowest BCUT2D eigenvalue weighted by Gasteiger charge is -2.20. The Morgan fingerprint density at radius 2 is 1.77 bits per heavy atom. The quantitative estimate of drug-likeness (QED) is 0.714. The highest BCUT2D eigenvalue weighted by Crippen LogP contribution is 1.96. The number of carbonyl (C=O) groups excluding carboxylic acids is 2. The maximum Gasteiger partial charge on any atom is 0.239 e. The number of carbonyl (C=O) groups is 2. The van der Waals surface area contributed by atoms with Gasteiger partial charge in [-0.05, 0) is 20.8 Å². The molecule has 0 saturated heterocycles. The fourth-order valence-corrected chi connectivity index (χ4v) is 0.887. The van der Waals surface area contributed by atoms with Gasteiger partial charge in [-0.15, -0.1) is 0 Å². The standard InChI is InChI=1S/C8H15BrN2O2/c1-8(2,3)11-7(13)5-10-6(12)4-9/h4-5H2,1-3H3,(H,10,12)(H,11,13). The molecule has 2 N–H and O–H groups in total. The molecule has 5 heteroatoms. The molecule has 76 valence electrons. The molecule has 0 heterocycles. The summed E-state index contributed by atoms with van der Waals surface area (Å²) in [5.41, 5.74) is -0.254. The largest absolute Gasteiger partial charge is 0.350 e. The topological polar surface area (TPSA) is 58.2 Å². The van der Waals surface area contributed by atoms with Gasteiger partial charge in [-0.2, -0.15) is 0 Å². The third-order valence-electron chi connectivity index (χ3n) is 1.08. The van der Waals surface area contributed by atoms with Gasteiger partial charge < -0.3 is 10.6 Å². The number of rotatable bonds is 3. The number of halogens is 1. The summed E-state index contributed by atoms with van der Waals surface area (Å²) >= 11 is 2.98. The molecule has 0 spiro atoms. The van der Waals surface area contributed by atoms with Crippen LogP contribution in [0.5, 0.6) is 0 Å². The van der Waals surface area contributed by atoms with E-state index in [1.165, 1.54) is 0 Å². The molecule has 0 aromatic heterocycles. The second-order valence-corrected chi connectivity index (χ2v) is 4.27. The Morgan fingerprint density at radius 1 is 1.23 bits per heavy atom. The smallest absolute Gasteiger partial charge is 0.239 e. The molecule has 0 unspecified atom stereocenters. The van der Waals surface area contributed by atoms with Crippen molar-refractivity contribution in [2.45, 2.75) is 26.3 Å². The highest BCUT2D eigenvalue weighted by Gasteiger charge is 2.13. The van der Waals surface area contributed by atoms with Crippen LogP contribution in [0.1, 0.15) is 20.8 Å². The van der Waals surface area contributed by atoms with E-state index in [2.05, 4.69) is 26.6 Å². The summed E-state index contributed by atoms with van der Waals surface area (Å²) in [7, 11) is 0. The number of hydrogen-bond donors (Lipinski definition) is 2. The Hall–Kier alpha value is -0.580. The van der Waals surface area contributed by atoms with Crippen molar-refractivity contribution in [3.63, 3.8) is 0 Å². The van der Waals surface area contributed by atoms with Gasteiger partial charge in [-0.3, -0.25) is 9.59 Å². The summed E-state index contributed by atoms with van der Waals surface area (Å²) in [4.78, 5) is 21.9. The van der Waals surface area contributed by atoms with Gasteiger partial charge >= 0.3 is 0 Å². The van der Waals surface area contributed by atoms with E-state index in [-0.39, 0.29) is 29.2 Å². The Labute approximate surface area is 86.6 Å². The summed E-state index contributed by atoms with van der Waals surface area (Å²) < 4.78 is 0. The van der Waals surface area contributed by atoms with E-state index < -0.39 is 0 Å². The SMILES string of the molecule is CC(C)(C)NC(=O)CNC(=O)CBr. The van der Waals surface area contributed by atoms with E-state index in [1.54, 1.807) is 0 Å². The Kier molecular flexibility index (Phi) is 4.98. The van der Waals surface area contributed by atoms with E-state index in [9.17, 15) is 9.59 Å². The van der Waals surface area contributed by atoms with Crippen molar-refractivity contribution in [2.75, 3.05) is 11.9 Å². The highest BCUT2D eigenvalue weighted by atomic mass is 79.9. The van der Waals surface area contributed by atoms with Gasteiger partial charge in [-0.1, -0.05) is 15.9 Å². The summed E-state index contributed by atoms with van der Waals surface area (Å²) in [6.45, 7) is 5.69. The minimum Gasteiger partial charge on any atom is -0.350 e. The molecular weight excluding hydrogens is 236 g/mol. The van der Waals surface area contributed by atoms with Crippen molar-refractivity contribution >= 4 is 27.7 Å². The predicted molar refractivity (Wildman–Crippen MR) is 54.7 cm³/mol. The molecule has 0 atom stereocenters. The first-order valence-electron chi connectivity index (χ1n) is 3.99. The van der Waals surface area contributed by atoms with Gasteiger partial charge in [0.25, 0.3) is 0 Å². The summed E-state index contributed by atoms with van der Waals surface area (Å²) in [6, 6.07) is 0. The minimum absolute atomic E-state index is 0.0295. The predicted octanol–water partition coefficient (Wildman–Crippen LogP) is 0.412. The van der Waals surface area contributed by atoms with E-state index >= 15 is 0 Å². The zero-order chi connectivity index (χ0) is 10.5. The number of amides is 2. The van der Waals surface area contributed by atoms with Crippen LogP contribution in [0.25, 0.3) is 0 Å². The van der Waals surface area contributed by atoms with E-state index in [0.29, 0.717) is 0 Å². The molecule has 13 heavy (non-hydrogen) atoms. The lowest BCUT2D eigenvalue weighted by atomic mass is 10.1. The molecule has 0 aliphatic heterocycles. The average molecular weight is 251 g/mol. The Balaban J connectivity index is 3.71. The van der Waals surface area contributed by atoms with Crippen LogP contribution in [0.15, 0.2) is 0 Å². The maximum atomic E-state index is 11.1. The molecule has 0 bridgehead atoms. The summed E-state index contributed by atoms with van der Waals surface area (Å²) in [5, 5.41) is 5.40. The molecule has 2 amide bonds. The van der Waals surface area contributed by atoms with Gasteiger partial charge in [0.15, 0.2) is 0 Å². The third-order valence-corrected chi connectivity index (χ3v) is 1.59. The van der Waals surface area contributed by atoms with Gasteiger partial charge in [0, 0.05) is 5.54 Å². The van der Waals surface area contributed by atoms with Crippen LogP contribution in [-0.2, 0) is 9.59 Å². The van der Waals surface area contributed by atoms with Gasteiger partial charge in [-0.25, -0.2) is 0 Å². The van der Waals surface area contributed by atoms with Crippen molar-refractivity contribution in [1.82, 2.24) is 10.6 Å². The lowest BCUT2D eigenvalue weighted by molar-refractivity contribution is -0.125. The van der Waals surface area contributed by atoms with Crippen molar-refractivity contribution < 1.29 is 9.59 Å². The van der Waals surface area contributed by atoms with E-state index in [1.807, 2.05) is 20.8 Å². The van der Waals surface area contributed by atoms with Crippen LogP contribution in [0.3, 0.4) is 0 Å². The molecule has 0 aromatic rings. The minimum atomic E-state index is -0.254. The van der Waals surface area contributed by atoms with Crippen LogP contribution in [0.4, 0.5) is 0 Å². The fraction of sp³-hybridized carbons (Fsp3) is 0.750. The molecule has 0 fully saturated rings. The van der Waals surface area contributed by atoms with Crippen molar-refractivity contribution in [1.29, 1.82) is 0 Å². The third kappa shape index (κ3) is 7.77. The van der Waals surface area contributed by atoms with Crippen molar-refractivity contribution in [3.05, 3.63) is 0 Å². The van der Waals surface area contributed by atoms with Crippen LogP contribution >= 0.6 is 15.9 Å². The Morgan fingerprint density at radius 3 is 2.15 bits per heavy atom.